The molecule has 0 unspecified atom stereocenters. The van der Waals surface area contributed by atoms with Crippen LogP contribution in [0.15, 0.2) is 35.1 Å². The van der Waals surface area contributed by atoms with Crippen LogP contribution < -0.4 is 16.0 Å². The minimum Gasteiger partial charge on any atom is -0.425 e. The first-order valence-corrected chi connectivity index (χ1v) is 8.02. The average molecular weight is 359 g/mol. The highest BCUT2D eigenvalue weighted by molar-refractivity contribution is 5.72. The Balaban J connectivity index is 1.85. The van der Waals surface area contributed by atoms with Crippen LogP contribution >= 0.6 is 0 Å². The van der Waals surface area contributed by atoms with Gasteiger partial charge in [-0.1, -0.05) is 18.2 Å². The van der Waals surface area contributed by atoms with Crippen LogP contribution in [0, 0.1) is 0 Å². The number of imidazole rings is 1. The summed E-state index contributed by atoms with van der Waals surface area (Å²) in [6.45, 7) is -0.338. The molecule has 136 valence electrons. The van der Waals surface area contributed by atoms with Gasteiger partial charge in [0.1, 0.15) is 18.1 Å². The first-order valence-electron chi connectivity index (χ1n) is 8.02. The van der Waals surface area contributed by atoms with Crippen molar-refractivity contribution in [3.05, 3.63) is 40.7 Å². The smallest absolute Gasteiger partial charge is 0.306 e. The Bertz CT molecular complexity index is 986. The van der Waals surface area contributed by atoms with E-state index in [0.717, 1.165) is 0 Å². The van der Waals surface area contributed by atoms with Gasteiger partial charge in [-0.2, -0.15) is 9.97 Å². The number of fused-ring (bicyclic) bond motifs is 1. The zero-order valence-electron chi connectivity index (χ0n) is 13.6. The van der Waals surface area contributed by atoms with E-state index in [-0.39, 0.29) is 36.2 Å². The number of aromatic amines is 1. The molecule has 3 heterocycles. The molecule has 0 spiro atoms. The van der Waals surface area contributed by atoms with Crippen molar-refractivity contribution >= 4 is 17.1 Å². The molecule has 0 aliphatic carbocycles. The molecule has 0 bridgehead atoms. The van der Waals surface area contributed by atoms with Crippen molar-refractivity contribution < 1.29 is 19.7 Å². The highest BCUT2D eigenvalue weighted by Gasteiger charge is 2.37. The number of rotatable bonds is 4. The maximum Gasteiger partial charge on any atom is 0.306 e. The van der Waals surface area contributed by atoms with E-state index in [1.54, 1.807) is 24.3 Å². The number of aliphatic hydroxyl groups excluding tert-OH is 2. The second-order valence-corrected chi connectivity index (χ2v) is 5.92. The third-order valence-electron chi connectivity index (χ3n) is 4.16. The summed E-state index contributed by atoms with van der Waals surface area (Å²) in [6.07, 6.45) is -2.16. The lowest BCUT2D eigenvalue weighted by molar-refractivity contribution is -0.0447. The molecule has 4 rings (SSSR count). The fourth-order valence-corrected chi connectivity index (χ4v) is 2.94. The molecule has 26 heavy (non-hydrogen) atoms. The lowest BCUT2D eigenvalue weighted by Gasteiger charge is -2.16. The molecule has 1 saturated heterocycles. The number of hydrogen-bond acceptors (Lipinski definition) is 8. The summed E-state index contributed by atoms with van der Waals surface area (Å²) in [6, 6.07) is 8.97. The fraction of sp³-hybridized carbons (Fsp3) is 0.312. The van der Waals surface area contributed by atoms with Crippen molar-refractivity contribution in [1.29, 1.82) is 0 Å². The van der Waals surface area contributed by atoms with Gasteiger partial charge in [-0.15, -0.1) is 0 Å². The number of ether oxygens (including phenoxy) is 2. The molecule has 0 radical (unpaired) electrons. The zero-order valence-corrected chi connectivity index (χ0v) is 13.6. The van der Waals surface area contributed by atoms with Gasteiger partial charge >= 0.3 is 6.01 Å². The molecule has 3 aromatic rings. The van der Waals surface area contributed by atoms with Crippen molar-refractivity contribution in [2.75, 3.05) is 12.3 Å². The molecule has 2 aromatic heterocycles. The van der Waals surface area contributed by atoms with E-state index in [1.807, 2.05) is 6.07 Å². The maximum absolute atomic E-state index is 12.2. The normalized spacial score (nSPS) is 22.8. The average Bonchev–Trinajstić information content (AvgIpc) is 3.15. The van der Waals surface area contributed by atoms with Gasteiger partial charge in [-0.05, 0) is 12.1 Å². The number of nitrogen functional groups attached to an aromatic ring is 1. The molecule has 1 aromatic carbocycles. The Morgan fingerprint density at radius 2 is 2.12 bits per heavy atom. The lowest BCUT2D eigenvalue weighted by atomic mass is 10.2. The third-order valence-corrected chi connectivity index (χ3v) is 4.16. The van der Waals surface area contributed by atoms with E-state index >= 15 is 0 Å². The van der Waals surface area contributed by atoms with Gasteiger partial charge in [0.15, 0.2) is 11.2 Å². The minimum absolute atomic E-state index is 0.0377. The van der Waals surface area contributed by atoms with Crippen molar-refractivity contribution in [2.24, 2.45) is 0 Å². The Labute approximate surface area is 146 Å². The molecule has 3 atom stereocenters. The molecule has 0 amide bonds. The Morgan fingerprint density at radius 3 is 2.81 bits per heavy atom. The Morgan fingerprint density at radius 1 is 1.35 bits per heavy atom. The van der Waals surface area contributed by atoms with Crippen LogP contribution in [-0.4, -0.2) is 48.5 Å². The quantitative estimate of drug-likeness (QED) is 0.514. The number of para-hydroxylation sites is 1. The monoisotopic (exact) mass is 359 g/mol. The van der Waals surface area contributed by atoms with Gasteiger partial charge in [-0.25, -0.2) is 0 Å². The van der Waals surface area contributed by atoms with Gasteiger partial charge < -0.3 is 25.4 Å². The van der Waals surface area contributed by atoms with Gasteiger partial charge in [0.05, 0.1) is 12.7 Å². The lowest BCUT2D eigenvalue weighted by Crippen LogP contribution is -2.24. The summed E-state index contributed by atoms with van der Waals surface area (Å²) < 4.78 is 12.9. The molecule has 10 nitrogen and oxygen atoms in total. The zero-order chi connectivity index (χ0) is 18.3. The number of aromatic nitrogens is 4. The van der Waals surface area contributed by atoms with Crippen LogP contribution in [0.1, 0.15) is 12.6 Å². The summed E-state index contributed by atoms with van der Waals surface area (Å²) in [5.41, 5.74) is 5.36. The number of nitrogens with one attached hydrogen (secondary N) is 1. The predicted octanol–water partition coefficient (Wildman–Crippen LogP) is 0.135. The Kier molecular flexibility index (Phi) is 4.07. The summed E-state index contributed by atoms with van der Waals surface area (Å²) in [5.74, 6) is 0.429. The van der Waals surface area contributed by atoms with Crippen molar-refractivity contribution in [1.82, 2.24) is 19.5 Å². The van der Waals surface area contributed by atoms with Crippen LogP contribution in [0.25, 0.3) is 11.2 Å². The number of aliphatic hydroxyl groups is 2. The summed E-state index contributed by atoms with van der Waals surface area (Å²) in [5, 5.41) is 19.4. The van der Waals surface area contributed by atoms with Crippen LogP contribution in [0.2, 0.25) is 0 Å². The van der Waals surface area contributed by atoms with E-state index in [9.17, 15) is 15.0 Å². The van der Waals surface area contributed by atoms with E-state index in [1.165, 1.54) is 4.57 Å². The van der Waals surface area contributed by atoms with E-state index in [4.69, 9.17) is 15.2 Å². The number of nitrogens with zero attached hydrogens (tertiary/aromatic N) is 3. The molecule has 1 aliphatic heterocycles. The molecule has 1 fully saturated rings. The predicted molar refractivity (Wildman–Crippen MR) is 90.7 cm³/mol. The number of nitrogens with two attached hydrogens (primary N) is 1. The highest BCUT2D eigenvalue weighted by Crippen LogP contribution is 2.35. The summed E-state index contributed by atoms with van der Waals surface area (Å²) in [4.78, 5) is 22.9. The van der Waals surface area contributed by atoms with Crippen molar-refractivity contribution in [3.63, 3.8) is 0 Å². The minimum atomic E-state index is -0.869. The standard InChI is InChI=1S/C16H17N5O5/c17-15-19-13-12(14(24)20-15)18-16(25-8-4-2-1-3-5-8)21(13)11-6-9(23)10(7-22)26-11/h1-5,9-11,22-23H,6-7H2,(H3,17,19,20,24)/t9-,10+,11+/m0/s1. The molecule has 1 aliphatic rings. The molecular weight excluding hydrogens is 342 g/mol. The molecule has 10 heteroatoms. The Hall–Kier alpha value is -2.95. The molecule has 5 N–H and O–H groups in total. The topological polar surface area (TPSA) is 149 Å². The number of benzene rings is 1. The van der Waals surface area contributed by atoms with Crippen LogP contribution in [0.3, 0.4) is 0 Å². The van der Waals surface area contributed by atoms with Gasteiger partial charge in [0, 0.05) is 6.42 Å². The number of anilines is 1. The van der Waals surface area contributed by atoms with Crippen LogP contribution in [0.4, 0.5) is 5.95 Å². The maximum atomic E-state index is 12.2. The second kappa shape index (κ2) is 6.41. The largest absolute Gasteiger partial charge is 0.425 e. The van der Waals surface area contributed by atoms with Crippen LogP contribution in [-0.2, 0) is 4.74 Å². The summed E-state index contributed by atoms with van der Waals surface area (Å²) >= 11 is 0. The fourth-order valence-electron chi connectivity index (χ4n) is 2.94. The van der Waals surface area contributed by atoms with Crippen LogP contribution in [0.5, 0.6) is 11.8 Å². The molecule has 0 saturated carbocycles. The van der Waals surface area contributed by atoms with Gasteiger partial charge in [0.25, 0.3) is 5.56 Å². The van der Waals surface area contributed by atoms with Gasteiger partial charge in [0.2, 0.25) is 5.95 Å². The van der Waals surface area contributed by atoms with Crippen molar-refractivity contribution in [2.45, 2.75) is 24.9 Å². The first kappa shape index (κ1) is 16.5. The van der Waals surface area contributed by atoms with E-state index < -0.39 is 24.0 Å². The highest BCUT2D eigenvalue weighted by atomic mass is 16.6. The number of H-pyrrole nitrogens is 1. The molecular formula is C16H17N5O5. The van der Waals surface area contributed by atoms with Crippen molar-refractivity contribution in [3.8, 4) is 11.8 Å². The summed E-state index contributed by atoms with van der Waals surface area (Å²) in [7, 11) is 0. The second-order valence-electron chi connectivity index (χ2n) is 5.92. The van der Waals surface area contributed by atoms with Gasteiger partial charge in [-0.3, -0.25) is 14.3 Å². The van der Waals surface area contributed by atoms with E-state index in [0.29, 0.717) is 5.75 Å². The number of hydrogen-bond donors (Lipinski definition) is 4. The third kappa shape index (κ3) is 2.79. The first-order chi connectivity index (χ1) is 12.6. The van der Waals surface area contributed by atoms with E-state index in [2.05, 4.69) is 15.0 Å². The SMILES string of the molecule is Nc1nc2c(nc(Oc3ccccc3)n2[C@H]2C[C@H](O)[C@@H](CO)O2)c(=O)[nH]1.